The SMILES string of the molecule is Cc1cc(B2OC(C)(C)C(C)(C)O2)cc2ccoc12. The molecule has 3 rings (SSSR count). The van der Waals surface area contributed by atoms with Gasteiger partial charge in [0.1, 0.15) is 5.58 Å². The van der Waals surface area contributed by atoms with Gasteiger partial charge >= 0.3 is 7.12 Å². The predicted molar refractivity (Wildman–Crippen MR) is 76.7 cm³/mol. The van der Waals surface area contributed by atoms with Gasteiger partial charge in [-0.25, -0.2) is 0 Å². The lowest BCUT2D eigenvalue weighted by atomic mass is 9.78. The molecule has 0 bridgehead atoms. The van der Waals surface area contributed by atoms with E-state index in [-0.39, 0.29) is 18.3 Å². The van der Waals surface area contributed by atoms with E-state index in [1.54, 1.807) is 6.26 Å². The minimum Gasteiger partial charge on any atom is -0.464 e. The van der Waals surface area contributed by atoms with Crippen molar-refractivity contribution in [3.8, 4) is 0 Å². The van der Waals surface area contributed by atoms with Crippen molar-refractivity contribution in [3.05, 3.63) is 30.0 Å². The molecule has 19 heavy (non-hydrogen) atoms. The number of rotatable bonds is 1. The molecule has 0 amide bonds. The third-order valence-corrected chi connectivity index (χ3v) is 4.28. The molecule has 2 aromatic rings. The molecule has 1 aromatic heterocycles. The maximum atomic E-state index is 6.08. The number of hydrogen-bond acceptors (Lipinski definition) is 3. The third kappa shape index (κ3) is 1.90. The quantitative estimate of drug-likeness (QED) is 0.737. The highest BCUT2D eigenvalue weighted by molar-refractivity contribution is 6.62. The summed E-state index contributed by atoms with van der Waals surface area (Å²) in [5, 5.41) is 1.09. The standard InChI is InChI=1S/C15H19BO3/c1-10-8-12(9-11-6-7-17-13(10)11)16-18-14(2,3)15(4,5)19-16/h6-9H,1-5H3. The first kappa shape index (κ1) is 12.8. The van der Waals surface area contributed by atoms with Crippen molar-refractivity contribution in [3.63, 3.8) is 0 Å². The largest absolute Gasteiger partial charge is 0.494 e. The molecule has 1 aliphatic heterocycles. The average molecular weight is 258 g/mol. The zero-order valence-electron chi connectivity index (χ0n) is 12.1. The summed E-state index contributed by atoms with van der Waals surface area (Å²) < 4.78 is 17.6. The minimum absolute atomic E-state index is 0.309. The van der Waals surface area contributed by atoms with E-state index in [2.05, 4.69) is 39.8 Å². The number of furan rings is 1. The van der Waals surface area contributed by atoms with Crippen LogP contribution in [0.15, 0.2) is 28.9 Å². The summed E-state index contributed by atoms with van der Waals surface area (Å²) >= 11 is 0. The highest BCUT2D eigenvalue weighted by atomic mass is 16.7. The molecule has 3 nitrogen and oxygen atoms in total. The Hall–Kier alpha value is -1.26. The molecule has 0 spiro atoms. The molecule has 2 heterocycles. The van der Waals surface area contributed by atoms with Crippen molar-refractivity contribution in [1.82, 2.24) is 0 Å². The van der Waals surface area contributed by atoms with Crippen molar-refractivity contribution < 1.29 is 13.7 Å². The predicted octanol–water partition coefficient (Wildman–Crippen LogP) is 3.04. The van der Waals surface area contributed by atoms with Crippen LogP contribution < -0.4 is 5.46 Å². The number of benzene rings is 1. The molecule has 0 saturated carbocycles. The van der Waals surface area contributed by atoms with Gasteiger partial charge in [0, 0.05) is 5.39 Å². The smallest absolute Gasteiger partial charge is 0.464 e. The summed E-state index contributed by atoms with van der Waals surface area (Å²) in [4.78, 5) is 0. The van der Waals surface area contributed by atoms with Gasteiger partial charge in [-0.3, -0.25) is 0 Å². The first-order valence-electron chi connectivity index (χ1n) is 6.63. The van der Waals surface area contributed by atoms with Crippen LogP contribution in [0.3, 0.4) is 0 Å². The first-order valence-corrected chi connectivity index (χ1v) is 6.63. The lowest BCUT2D eigenvalue weighted by molar-refractivity contribution is 0.00578. The lowest BCUT2D eigenvalue weighted by Crippen LogP contribution is -2.41. The molecular formula is C15H19BO3. The highest BCUT2D eigenvalue weighted by Gasteiger charge is 2.51. The zero-order valence-corrected chi connectivity index (χ0v) is 12.1. The fraction of sp³-hybridized carbons (Fsp3) is 0.467. The number of fused-ring (bicyclic) bond motifs is 1. The summed E-state index contributed by atoms with van der Waals surface area (Å²) in [5.41, 5.74) is 2.46. The van der Waals surface area contributed by atoms with Crippen LogP contribution >= 0.6 is 0 Å². The maximum absolute atomic E-state index is 6.08. The van der Waals surface area contributed by atoms with Gasteiger partial charge in [-0.1, -0.05) is 12.1 Å². The van der Waals surface area contributed by atoms with Gasteiger partial charge in [0.25, 0.3) is 0 Å². The molecule has 0 unspecified atom stereocenters. The van der Waals surface area contributed by atoms with E-state index in [1.165, 1.54) is 0 Å². The Morgan fingerprint density at radius 2 is 1.63 bits per heavy atom. The molecule has 4 heteroatoms. The molecular weight excluding hydrogens is 239 g/mol. The second kappa shape index (κ2) is 3.87. The van der Waals surface area contributed by atoms with E-state index in [4.69, 9.17) is 13.7 Å². The molecule has 0 N–H and O–H groups in total. The Morgan fingerprint density at radius 1 is 1.00 bits per heavy atom. The van der Waals surface area contributed by atoms with E-state index >= 15 is 0 Å². The zero-order chi connectivity index (χ0) is 13.8. The Balaban J connectivity index is 2.02. The second-order valence-corrected chi connectivity index (χ2v) is 6.27. The van der Waals surface area contributed by atoms with E-state index in [1.807, 2.05) is 13.0 Å². The Bertz CT molecular complexity index is 611. The Morgan fingerprint density at radius 3 is 2.26 bits per heavy atom. The molecule has 1 fully saturated rings. The maximum Gasteiger partial charge on any atom is 0.494 e. The highest BCUT2D eigenvalue weighted by Crippen LogP contribution is 2.36. The van der Waals surface area contributed by atoms with Crippen LogP contribution in [0, 0.1) is 6.92 Å². The normalized spacial score (nSPS) is 21.2. The van der Waals surface area contributed by atoms with Crippen molar-refractivity contribution in [2.24, 2.45) is 0 Å². The van der Waals surface area contributed by atoms with Gasteiger partial charge in [0.2, 0.25) is 0 Å². The molecule has 1 aliphatic rings. The van der Waals surface area contributed by atoms with E-state index < -0.39 is 0 Å². The summed E-state index contributed by atoms with van der Waals surface area (Å²) in [7, 11) is -0.317. The topological polar surface area (TPSA) is 31.6 Å². The van der Waals surface area contributed by atoms with Crippen LogP contribution in [0.1, 0.15) is 33.3 Å². The van der Waals surface area contributed by atoms with Gasteiger partial charge in [-0.15, -0.1) is 0 Å². The van der Waals surface area contributed by atoms with E-state index in [0.29, 0.717) is 0 Å². The van der Waals surface area contributed by atoms with E-state index in [0.717, 1.165) is 22.0 Å². The molecule has 0 radical (unpaired) electrons. The van der Waals surface area contributed by atoms with Crippen molar-refractivity contribution >= 4 is 23.6 Å². The summed E-state index contributed by atoms with van der Waals surface area (Å²) in [6.45, 7) is 10.3. The van der Waals surface area contributed by atoms with Gasteiger partial charge in [-0.2, -0.15) is 0 Å². The van der Waals surface area contributed by atoms with Crippen molar-refractivity contribution in [2.75, 3.05) is 0 Å². The summed E-state index contributed by atoms with van der Waals surface area (Å²) in [6.07, 6.45) is 1.71. The minimum atomic E-state index is -0.317. The summed E-state index contributed by atoms with van der Waals surface area (Å²) in [6, 6.07) is 6.12. The van der Waals surface area contributed by atoms with Gasteiger partial charge < -0.3 is 13.7 Å². The van der Waals surface area contributed by atoms with Crippen LogP contribution in [-0.2, 0) is 9.31 Å². The van der Waals surface area contributed by atoms with Crippen LogP contribution in [0.25, 0.3) is 11.0 Å². The van der Waals surface area contributed by atoms with Crippen LogP contribution in [-0.4, -0.2) is 18.3 Å². The van der Waals surface area contributed by atoms with Crippen LogP contribution in [0.2, 0.25) is 0 Å². The molecule has 1 saturated heterocycles. The Kier molecular flexibility index (Phi) is 2.60. The first-order chi connectivity index (χ1) is 8.80. The molecule has 0 atom stereocenters. The van der Waals surface area contributed by atoms with Crippen molar-refractivity contribution in [1.29, 1.82) is 0 Å². The second-order valence-electron chi connectivity index (χ2n) is 6.27. The van der Waals surface area contributed by atoms with Gasteiger partial charge in [0.15, 0.2) is 0 Å². The fourth-order valence-corrected chi connectivity index (χ4v) is 2.41. The van der Waals surface area contributed by atoms with Crippen molar-refractivity contribution in [2.45, 2.75) is 45.8 Å². The number of hydrogen-bond donors (Lipinski definition) is 0. The Labute approximate surface area is 114 Å². The molecule has 1 aromatic carbocycles. The molecule has 100 valence electrons. The lowest BCUT2D eigenvalue weighted by Gasteiger charge is -2.32. The fourth-order valence-electron chi connectivity index (χ4n) is 2.41. The van der Waals surface area contributed by atoms with Gasteiger partial charge in [0.05, 0.1) is 17.5 Å². The van der Waals surface area contributed by atoms with Crippen LogP contribution in [0.4, 0.5) is 0 Å². The third-order valence-electron chi connectivity index (χ3n) is 4.28. The monoisotopic (exact) mass is 258 g/mol. The summed E-state index contributed by atoms with van der Waals surface area (Å²) in [5.74, 6) is 0. The van der Waals surface area contributed by atoms with Crippen LogP contribution in [0.5, 0.6) is 0 Å². The molecule has 0 aliphatic carbocycles. The average Bonchev–Trinajstić information content (AvgIpc) is 2.82. The van der Waals surface area contributed by atoms with Gasteiger partial charge in [-0.05, 0) is 51.7 Å². The number of aryl methyl sites for hydroxylation is 1. The van der Waals surface area contributed by atoms with E-state index in [9.17, 15) is 0 Å².